The lowest BCUT2D eigenvalue weighted by Gasteiger charge is -2.33. The molecule has 0 amide bonds. The number of piperidine rings is 1. The van der Waals surface area contributed by atoms with Gasteiger partial charge in [-0.15, -0.1) is 5.10 Å². The third-order valence-corrected chi connectivity index (χ3v) is 3.94. The van der Waals surface area contributed by atoms with E-state index in [1.165, 1.54) is 18.5 Å². The zero-order valence-electron chi connectivity index (χ0n) is 12.9. The largest absolute Gasteiger partial charge is 0.480 e. The highest BCUT2D eigenvalue weighted by Gasteiger charge is 2.20. The number of nitrogens with zero attached hydrogens (tertiary/aromatic N) is 3. The molecule has 1 fully saturated rings. The summed E-state index contributed by atoms with van der Waals surface area (Å²) in [5, 5.41) is 11.9. The Morgan fingerprint density at radius 2 is 2.05 bits per heavy atom. The molecule has 0 saturated carbocycles. The molecule has 1 atom stereocenters. The first-order chi connectivity index (χ1) is 10.8. The fraction of sp³-hybridized carbons (Fsp3) is 0.412. The first-order valence-electron chi connectivity index (χ1n) is 7.74. The number of hydrogen-bond donors (Lipinski definition) is 1. The summed E-state index contributed by atoms with van der Waals surface area (Å²) in [5.41, 5.74) is 2.18. The van der Waals surface area contributed by atoms with Crippen LogP contribution in [0.5, 0.6) is 5.88 Å². The second kappa shape index (κ2) is 7.22. The maximum atomic E-state index is 5.05. The lowest BCUT2D eigenvalue weighted by atomic mass is 10.0. The zero-order chi connectivity index (χ0) is 15.2. The van der Waals surface area contributed by atoms with Crippen LogP contribution in [0.2, 0.25) is 0 Å². The van der Waals surface area contributed by atoms with Crippen LogP contribution >= 0.6 is 0 Å². The number of methoxy groups -OCH3 is 1. The van der Waals surface area contributed by atoms with Crippen molar-refractivity contribution in [2.24, 2.45) is 0 Å². The van der Waals surface area contributed by atoms with Gasteiger partial charge >= 0.3 is 0 Å². The van der Waals surface area contributed by atoms with E-state index in [4.69, 9.17) is 4.74 Å². The monoisotopic (exact) mass is 298 g/mol. The van der Waals surface area contributed by atoms with Crippen LogP contribution < -0.4 is 10.1 Å². The molecule has 1 aromatic carbocycles. The number of likely N-dealkylation sites (tertiary alicyclic amines) is 1. The van der Waals surface area contributed by atoms with Gasteiger partial charge in [-0.3, -0.25) is 4.90 Å². The summed E-state index contributed by atoms with van der Waals surface area (Å²) in [6, 6.07) is 14.8. The van der Waals surface area contributed by atoms with E-state index in [1.54, 1.807) is 7.11 Å². The van der Waals surface area contributed by atoms with E-state index in [1.807, 2.05) is 18.2 Å². The minimum atomic E-state index is 0.488. The second-order valence-corrected chi connectivity index (χ2v) is 5.65. The Kier molecular flexibility index (Phi) is 4.85. The molecule has 2 heterocycles. The number of rotatable bonds is 5. The van der Waals surface area contributed by atoms with E-state index in [0.29, 0.717) is 11.9 Å². The van der Waals surface area contributed by atoms with Crippen molar-refractivity contribution in [3.63, 3.8) is 0 Å². The van der Waals surface area contributed by atoms with E-state index in [2.05, 4.69) is 44.7 Å². The Hall–Kier alpha value is -2.14. The van der Waals surface area contributed by atoms with E-state index in [-0.39, 0.29) is 0 Å². The third-order valence-electron chi connectivity index (χ3n) is 3.94. The topological polar surface area (TPSA) is 50.3 Å². The SMILES string of the molecule is COc1ccc(CN2CCCC(Nc3ccccc3)C2)nn1. The van der Waals surface area contributed by atoms with Crippen molar-refractivity contribution < 1.29 is 4.74 Å². The standard InChI is InChI=1S/C17H22N4O/c1-22-17-10-9-16(19-20-17)13-21-11-5-8-15(12-21)18-14-6-3-2-4-7-14/h2-4,6-7,9-10,15,18H,5,8,11-13H2,1H3. The molecule has 1 unspecified atom stereocenters. The highest BCUT2D eigenvalue weighted by molar-refractivity contribution is 5.43. The van der Waals surface area contributed by atoms with E-state index in [9.17, 15) is 0 Å². The average molecular weight is 298 g/mol. The summed E-state index contributed by atoms with van der Waals surface area (Å²) in [4.78, 5) is 2.43. The van der Waals surface area contributed by atoms with Gasteiger partial charge in [0.15, 0.2) is 0 Å². The molecule has 0 bridgehead atoms. The summed E-state index contributed by atoms with van der Waals surface area (Å²) >= 11 is 0. The molecule has 0 spiro atoms. The van der Waals surface area contributed by atoms with E-state index < -0.39 is 0 Å². The van der Waals surface area contributed by atoms with E-state index >= 15 is 0 Å². The number of anilines is 1. The first kappa shape index (κ1) is 14.8. The van der Waals surface area contributed by atoms with Crippen LogP contribution in [-0.2, 0) is 6.54 Å². The normalized spacial score (nSPS) is 18.9. The van der Waals surface area contributed by atoms with Crippen LogP contribution in [0.1, 0.15) is 18.5 Å². The summed E-state index contributed by atoms with van der Waals surface area (Å²) in [5.74, 6) is 0.561. The first-order valence-corrected chi connectivity index (χ1v) is 7.74. The van der Waals surface area contributed by atoms with Gasteiger partial charge in [0.25, 0.3) is 0 Å². The minimum absolute atomic E-state index is 0.488. The molecular formula is C17H22N4O. The van der Waals surface area contributed by atoms with Crippen molar-refractivity contribution >= 4 is 5.69 Å². The minimum Gasteiger partial charge on any atom is -0.480 e. The number of nitrogens with one attached hydrogen (secondary N) is 1. The molecular weight excluding hydrogens is 276 g/mol. The maximum Gasteiger partial charge on any atom is 0.233 e. The maximum absolute atomic E-state index is 5.05. The molecule has 22 heavy (non-hydrogen) atoms. The molecule has 1 N–H and O–H groups in total. The highest BCUT2D eigenvalue weighted by Crippen LogP contribution is 2.17. The van der Waals surface area contributed by atoms with Crippen LogP contribution in [0, 0.1) is 0 Å². The zero-order valence-corrected chi connectivity index (χ0v) is 12.9. The number of hydrogen-bond acceptors (Lipinski definition) is 5. The Bertz CT molecular complexity index is 573. The summed E-state index contributed by atoms with van der Waals surface area (Å²) in [7, 11) is 1.61. The van der Waals surface area contributed by atoms with Crippen molar-refractivity contribution in [2.45, 2.75) is 25.4 Å². The summed E-state index contributed by atoms with van der Waals surface area (Å²) in [6.45, 7) is 2.98. The van der Waals surface area contributed by atoms with Crippen molar-refractivity contribution in [3.05, 3.63) is 48.2 Å². The molecule has 1 saturated heterocycles. The predicted molar refractivity (Wildman–Crippen MR) is 86.9 cm³/mol. The second-order valence-electron chi connectivity index (χ2n) is 5.65. The number of para-hydroxylation sites is 1. The van der Waals surface area contributed by atoms with Crippen molar-refractivity contribution in [2.75, 3.05) is 25.5 Å². The molecule has 5 nitrogen and oxygen atoms in total. The van der Waals surface area contributed by atoms with Crippen molar-refractivity contribution in [3.8, 4) is 5.88 Å². The average Bonchev–Trinajstić information content (AvgIpc) is 2.57. The molecule has 5 heteroatoms. The Morgan fingerprint density at radius 1 is 1.18 bits per heavy atom. The highest BCUT2D eigenvalue weighted by atomic mass is 16.5. The molecule has 116 valence electrons. The molecule has 3 rings (SSSR count). The van der Waals surface area contributed by atoms with Gasteiger partial charge in [-0.1, -0.05) is 18.2 Å². The van der Waals surface area contributed by atoms with Crippen molar-refractivity contribution in [1.29, 1.82) is 0 Å². The number of benzene rings is 1. The van der Waals surface area contributed by atoms with Gasteiger partial charge in [0.05, 0.1) is 12.8 Å². The lowest BCUT2D eigenvalue weighted by molar-refractivity contribution is 0.205. The van der Waals surface area contributed by atoms with Crippen LogP contribution in [-0.4, -0.2) is 41.3 Å². The Labute approximate surface area is 131 Å². The Balaban J connectivity index is 1.55. The molecule has 1 aliphatic rings. The fourth-order valence-corrected chi connectivity index (χ4v) is 2.86. The summed E-state index contributed by atoms with van der Waals surface area (Å²) in [6.07, 6.45) is 2.41. The smallest absolute Gasteiger partial charge is 0.233 e. The molecule has 2 aromatic rings. The fourth-order valence-electron chi connectivity index (χ4n) is 2.86. The number of aromatic nitrogens is 2. The van der Waals surface area contributed by atoms with Crippen LogP contribution in [0.3, 0.4) is 0 Å². The van der Waals surface area contributed by atoms with Crippen LogP contribution in [0.25, 0.3) is 0 Å². The lowest BCUT2D eigenvalue weighted by Crippen LogP contribution is -2.41. The molecule has 1 aromatic heterocycles. The van der Waals surface area contributed by atoms with Gasteiger partial charge in [-0.25, -0.2) is 0 Å². The molecule has 1 aliphatic heterocycles. The van der Waals surface area contributed by atoms with Gasteiger partial charge in [0.1, 0.15) is 0 Å². The van der Waals surface area contributed by atoms with E-state index in [0.717, 1.165) is 25.3 Å². The van der Waals surface area contributed by atoms with Crippen molar-refractivity contribution in [1.82, 2.24) is 15.1 Å². The molecule has 0 aliphatic carbocycles. The van der Waals surface area contributed by atoms with Gasteiger partial charge < -0.3 is 10.1 Å². The van der Waals surface area contributed by atoms with Gasteiger partial charge in [-0.2, -0.15) is 5.10 Å². The quantitative estimate of drug-likeness (QED) is 0.919. The third kappa shape index (κ3) is 3.95. The number of ether oxygens (including phenoxy) is 1. The summed E-state index contributed by atoms with van der Waals surface area (Å²) < 4.78 is 5.05. The van der Waals surface area contributed by atoms with Gasteiger partial charge in [0, 0.05) is 30.9 Å². The van der Waals surface area contributed by atoms with Crippen LogP contribution in [0.15, 0.2) is 42.5 Å². The predicted octanol–water partition coefficient (Wildman–Crippen LogP) is 2.56. The van der Waals surface area contributed by atoms with Gasteiger partial charge in [0.2, 0.25) is 5.88 Å². The van der Waals surface area contributed by atoms with Gasteiger partial charge in [-0.05, 0) is 37.6 Å². The Morgan fingerprint density at radius 3 is 2.77 bits per heavy atom. The molecule has 0 radical (unpaired) electrons. The van der Waals surface area contributed by atoms with Crippen LogP contribution in [0.4, 0.5) is 5.69 Å².